The van der Waals surface area contributed by atoms with Crippen LogP contribution < -0.4 is 0 Å². The van der Waals surface area contributed by atoms with Crippen molar-refractivity contribution in [3.63, 3.8) is 0 Å². The van der Waals surface area contributed by atoms with Crippen LogP contribution in [0.5, 0.6) is 0 Å². The summed E-state index contributed by atoms with van der Waals surface area (Å²) in [6.07, 6.45) is 0. The van der Waals surface area contributed by atoms with E-state index >= 15 is 0 Å². The van der Waals surface area contributed by atoms with Gasteiger partial charge in [-0.05, 0) is 29.8 Å². The molecule has 1 rings (SSSR count). The first-order chi connectivity index (χ1) is 5.93. The van der Waals surface area contributed by atoms with E-state index in [4.69, 9.17) is 34.8 Å². The smallest absolute Gasteiger partial charge is 0.218 e. The Labute approximate surface area is 96.5 Å². The molecule has 1 aromatic rings. The molecular formula is C8H6Cl4O. The van der Waals surface area contributed by atoms with E-state index in [-0.39, 0.29) is 5.24 Å². The van der Waals surface area contributed by atoms with E-state index in [1.54, 1.807) is 18.2 Å². The molecule has 5 heteroatoms. The van der Waals surface area contributed by atoms with Crippen LogP contribution >= 0.6 is 46.4 Å². The summed E-state index contributed by atoms with van der Waals surface area (Å²) in [4.78, 5) is 9.21. The van der Waals surface area contributed by atoms with E-state index in [1.165, 1.54) is 6.92 Å². The van der Waals surface area contributed by atoms with E-state index in [9.17, 15) is 4.79 Å². The molecule has 0 bridgehead atoms. The van der Waals surface area contributed by atoms with Crippen molar-refractivity contribution in [2.75, 3.05) is 0 Å². The van der Waals surface area contributed by atoms with Crippen LogP contribution in [0.4, 0.5) is 0 Å². The fraction of sp³-hybridized carbons (Fsp3) is 0.125. The first-order valence-electron chi connectivity index (χ1n) is 3.20. The molecule has 0 aromatic heterocycles. The van der Waals surface area contributed by atoms with Crippen molar-refractivity contribution in [1.29, 1.82) is 0 Å². The second-order valence-corrected chi connectivity index (χ2v) is 3.81. The zero-order valence-electron chi connectivity index (χ0n) is 6.65. The molecule has 0 heterocycles. The topological polar surface area (TPSA) is 17.1 Å². The number of hydrogen-bond acceptors (Lipinski definition) is 1. The zero-order valence-corrected chi connectivity index (χ0v) is 9.68. The van der Waals surface area contributed by atoms with Gasteiger partial charge in [0.15, 0.2) is 0 Å². The predicted molar refractivity (Wildman–Crippen MR) is 58.0 cm³/mol. The molecular weight excluding hydrogens is 254 g/mol. The molecule has 0 N–H and O–H groups in total. The predicted octanol–water partition coefficient (Wildman–Crippen LogP) is 4.42. The third-order valence-electron chi connectivity index (χ3n) is 0.882. The molecule has 0 saturated heterocycles. The Hall–Kier alpha value is 0.0500. The highest BCUT2D eigenvalue weighted by Gasteiger charge is 1.94. The maximum atomic E-state index is 9.21. The molecule has 0 amide bonds. The van der Waals surface area contributed by atoms with Gasteiger partial charge in [-0.15, -0.1) is 0 Å². The van der Waals surface area contributed by atoms with Crippen molar-refractivity contribution >= 4 is 51.6 Å². The molecule has 72 valence electrons. The lowest BCUT2D eigenvalue weighted by molar-refractivity contribution is -0.109. The maximum absolute atomic E-state index is 9.21. The summed E-state index contributed by atoms with van der Waals surface area (Å²) in [5.41, 5.74) is 0. The monoisotopic (exact) mass is 258 g/mol. The summed E-state index contributed by atoms with van der Waals surface area (Å²) in [7, 11) is 0. The van der Waals surface area contributed by atoms with E-state index in [2.05, 4.69) is 11.6 Å². The van der Waals surface area contributed by atoms with E-state index in [0.29, 0.717) is 15.1 Å². The van der Waals surface area contributed by atoms with Gasteiger partial charge in [0, 0.05) is 11.9 Å². The SMILES string of the molecule is CC(=O)Cl.Clc1ccc(Cl)c(Cl)c1. The third-order valence-corrected chi connectivity index (χ3v) is 1.86. The largest absolute Gasteiger partial charge is 0.282 e. The summed E-state index contributed by atoms with van der Waals surface area (Å²) in [5.74, 6) is 0. The molecule has 0 aliphatic carbocycles. The zero-order chi connectivity index (χ0) is 10.4. The maximum Gasteiger partial charge on any atom is 0.218 e. The molecule has 0 fully saturated rings. The molecule has 0 unspecified atom stereocenters. The number of benzene rings is 1. The number of rotatable bonds is 0. The highest BCUT2D eigenvalue weighted by Crippen LogP contribution is 2.24. The normalized spacial score (nSPS) is 8.69. The van der Waals surface area contributed by atoms with Gasteiger partial charge in [-0.25, -0.2) is 0 Å². The van der Waals surface area contributed by atoms with Crippen molar-refractivity contribution in [2.24, 2.45) is 0 Å². The Balaban J connectivity index is 0.000000310. The van der Waals surface area contributed by atoms with E-state index < -0.39 is 0 Å². The van der Waals surface area contributed by atoms with Crippen LogP contribution in [-0.2, 0) is 4.79 Å². The number of hydrogen-bond donors (Lipinski definition) is 0. The molecule has 0 spiro atoms. The molecule has 0 saturated carbocycles. The second-order valence-electron chi connectivity index (χ2n) is 2.03. The lowest BCUT2D eigenvalue weighted by Gasteiger charge is -1.92. The fourth-order valence-corrected chi connectivity index (χ4v) is 0.997. The van der Waals surface area contributed by atoms with Crippen LogP contribution in [0.3, 0.4) is 0 Å². The summed E-state index contributed by atoms with van der Waals surface area (Å²) in [5, 5.41) is 1.26. The summed E-state index contributed by atoms with van der Waals surface area (Å²) < 4.78 is 0. The van der Waals surface area contributed by atoms with Gasteiger partial charge in [-0.3, -0.25) is 4.79 Å². The molecule has 0 atom stereocenters. The van der Waals surface area contributed by atoms with Gasteiger partial charge in [0.05, 0.1) is 10.0 Å². The van der Waals surface area contributed by atoms with Gasteiger partial charge in [0.1, 0.15) is 0 Å². The van der Waals surface area contributed by atoms with Crippen molar-refractivity contribution < 1.29 is 4.79 Å². The summed E-state index contributed by atoms with van der Waals surface area (Å²) >= 11 is 21.4. The van der Waals surface area contributed by atoms with Gasteiger partial charge in [-0.1, -0.05) is 34.8 Å². The molecule has 0 aliphatic heterocycles. The van der Waals surface area contributed by atoms with E-state index in [1.807, 2.05) is 0 Å². The van der Waals surface area contributed by atoms with Crippen molar-refractivity contribution in [3.8, 4) is 0 Å². The Morgan fingerprint density at radius 2 is 1.62 bits per heavy atom. The standard InChI is InChI=1S/C6H3Cl3.C2H3ClO/c7-4-1-2-5(8)6(9)3-4;1-2(3)4/h1-3H;1H3. The lowest BCUT2D eigenvalue weighted by Crippen LogP contribution is -1.66. The highest BCUT2D eigenvalue weighted by atomic mass is 35.5. The second kappa shape index (κ2) is 6.50. The van der Waals surface area contributed by atoms with Crippen LogP contribution in [0.2, 0.25) is 15.1 Å². The van der Waals surface area contributed by atoms with Gasteiger partial charge in [0.2, 0.25) is 5.24 Å². The Bertz CT molecular complexity index is 294. The minimum Gasteiger partial charge on any atom is -0.282 e. The molecule has 0 radical (unpaired) electrons. The first kappa shape index (κ1) is 13.1. The number of carbonyl (C=O) groups excluding carboxylic acids is 1. The van der Waals surface area contributed by atoms with Crippen LogP contribution in [0.25, 0.3) is 0 Å². The van der Waals surface area contributed by atoms with E-state index in [0.717, 1.165) is 0 Å². The van der Waals surface area contributed by atoms with Gasteiger partial charge in [-0.2, -0.15) is 0 Å². The summed E-state index contributed by atoms with van der Waals surface area (Å²) in [6, 6.07) is 4.95. The minimum atomic E-state index is -0.361. The molecule has 0 aliphatic rings. The van der Waals surface area contributed by atoms with Crippen LogP contribution in [-0.4, -0.2) is 5.24 Å². The third kappa shape index (κ3) is 7.15. The Kier molecular flexibility index (Phi) is 6.52. The van der Waals surface area contributed by atoms with Crippen LogP contribution in [0.15, 0.2) is 18.2 Å². The quantitative estimate of drug-likeness (QED) is 0.498. The molecule has 1 aromatic carbocycles. The van der Waals surface area contributed by atoms with Gasteiger partial charge < -0.3 is 0 Å². The average molecular weight is 260 g/mol. The highest BCUT2D eigenvalue weighted by molar-refractivity contribution is 6.62. The average Bonchev–Trinajstić information content (AvgIpc) is 1.96. The molecule has 13 heavy (non-hydrogen) atoms. The van der Waals surface area contributed by atoms with Crippen molar-refractivity contribution in [3.05, 3.63) is 33.3 Å². The van der Waals surface area contributed by atoms with Crippen molar-refractivity contribution in [1.82, 2.24) is 0 Å². The summed E-state index contributed by atoms with van der Waals surface area (Å²) in [6.45, 7) is 1.29. The Morgan fingerprint density at radius 1 is 1.15 bits per heavy atom. The number of carbonyl (C=O) groups is 1. The van der Waals surface area contributed by atoms with Gasteiger partial charge >= 0.3 is 0 Å². The lowest BCUT2D eigenvalue weighted by atomic mass is 10.4. The first-order valence-corrected chi connectivity index (χ1v) is 4.71. The number of halogens is 4. The fourth-order valence-electron chi connectivity index (χ4n) is 0.470. The minimum absolute atomic E-state index is 0.361. The van der Waals surface area contributed by atoms with Crippen LogP contribution in [0, 0.1) is 0 Å². The van der Waals surface area contributed by atoms with Crippen molar-refractivity contribution in [2.45, 2.75) is 6.92 Å². The van der Waals surface area contributed by atoms with Crippen LogP contribution in [0.1, 0.15) is 6.92 Å². The molecule has 1 nitrogen and oxygen atoms in total. The van der Waals surface area contributed by atoms with Gasteiger partial charge in [0.25, 0.3) is 0 Å². The Morgan fingerprint density at radius 3 is 1.92 bits per heavy atom.